The van der Waals surface area contributed by atoms with Gasteiger partial charge in [0.15, 0.2) is 11.5 Å². The highest BCUT2D eigenvalue weighted by Gasteiger charge is 2.11. The van der Waals surface area contributed by atoms with E-state index in [2.05, 4.69) is 0 Å². The topological polar surface area (TPSA) is 55.8 Å². The van der Waals surface area contributed by atoms with Crippen LogP contribution in [0.3, 0.4) is 0 Å². The van der Waals surface area contributed by atoms with Crippen molar-refractivity contribution >= 4 is 17.6 Å². The van der Waals surface area contributed by atoms with Gasteiger partial charge in [-0.2, -0.15) is 0 Å². The van der Waals surface area contributed by atoms with Crippen molar-refractivity contribution in [1.29, 1.82) is 0 Å². The SMILES string of the molecule is COc1ccc(C(=O)O)cc1OCc1cc(F)ccc1Cl. The molecule has 0 heterocycles. The van der Waals surface area contributed by atoms with Gasteiger partial charge in [-0.15, -0.1) is 0 Å². The molecule has 0 saturated carbocycles. The van der Waals surface area contributed by atoms with Crippen molar-refractivity contribution in [3.05, 3.63) is 58.4 Å². The van der Waals surface area contributed by atoms with Gasteiger partial charge in [0.05, 0.1) is 12.7 Å². The number of hydrogen-bond acceptors (Lipinski definition) is 3. The zero-order valence-corrected chi connectivity index (χ0v) is 11.9. The van der Waals surface area contributed by atoms with Crippen molar-refractivity contribution in [2.24, 2.45) is 0 Å². The minimum Gasteiger partial charge on any atom is -0.493 e. The van der Waals surface area contributed by atoms with Gasteiger partial charge in [-0.25, -0.2) is 9.18 Å². The second-order valence-corrected chi connectivity index (χ2v) is 4.60. The van der Waals surface area contributed by atoms with Crippen LogP contribution in [-0.2, 0) is 6.61 Å². The number of rotatable bonds is 5. The Morgan fingerprint density at radius 2 is 2.00 bits per heavy atom. The number of carboxylic acid groups (broad SMARTS) is 1. The highest BCUT2D eigenvalue weighted by atomic mass is 35.5. The Balaban J connectivity index is 2.24. The van der Waals surface area contributed by atoms with E-state index in [9.17, 15) is 9.18 Å². The third kappa shape index (κ3) is 3.64. The Kier molecular flexibility index (Phi) is 4.65. The third-order valence-corrected chi connectivity index (χ3v) is 3.17. The summed E-state index contributed by atoms with van der Waals surface area (Å²) in [6.45, 7) is -0.00394. The average Bonchev–Trinajstić information content (AvgIpc) is 2.47. The Hall–Kier alpha value is -2.27. The molecule has 4 nitrogen and oxygen atoms in total. The second-order valence-electron chi connectivity index (χ2n) is 4.20. The lowest BCUT2D eigenvalue weighted by atomic mass is 10.2. The van der Waals surface area contributed by atoms with E-state index in [4.69, 9.17) is 26.2 Å². The Labute approximate surface area is 125 Å². The normalized spacial score (nSPS) is 10.2. The van der Waals surface area contributed by atoms with Crippen LogP contribution < -0.4 is 9.47 Å². The molecular formula is C15H12ClFO4. The molecule has 0 amide bonds. The Bertz CT molecular complexity index is 673. The summed E-state index contributed by atoms with van der Waals surface area (Å²) in [5.74, 6) is -0.874. The molecule has 0 aliphatic carbocycles. The number of hydrogen-bond donors (Lipinski definition) is 1. The quantitative estimate of drug-likeness (QED) is 0.913. The van der Waals surface area contributed by atoms with Crippen LogP contribution in [0.4, 0.5) is 4.39 Å². The van der Waals surface area contributed by atoms with E-state index in [1.807, 2.05) is 0 Å². The minimum atomic E-state index is -1.08. The van der Waals surface area contributed by atoms with Crippen molar-refractivity contribution in [3.8, 4) is 11.5 Å². The molecule has 0 unspecified atom stereocenters. The summed E-state index contributed by atoms with van der Waals surface area (Å²) < 4.78 is 23.8. The summed E-state index contributed by atoms with van der Waals surface area (Å²) in [5.41, 5.74) is 0.524. The van der Waals surface area contributed by atoms with Gasteiger partial charge in [-0.1, -0.05) is 11.6 Å². The first kappa shape index (κ1) is 15.1. The van der Waals surface area contributed by atoms with Crippen molar-refractivity contribution in [1.82, 2.24) is 0 Å². The van der Waals surface area contributed by atoms with E-state index in [-0.39, 0.29) is 17.9 Å². The molecule has 110 valence electrons. The van der Waals surface area contributed by atoms with Gasteiger partial charge in [0.25, 0.3) is 0 Å². The Morgan fingerprint density at radius 1 is 1.24 bits per heavy atom. The first-order chi connectivity index (χ1) is 10.0. The Morgan fingerprint density at radius 3 is 2.67 bits per heavy atom. The number of methoxy groups -OCH3 is 1. The highest BCUT2D eigenvalue weighted by Crippen LogP contribution is 2.29. The van der Waals surface area contributed by atoms with Gasteiger partial charge in [0.1, 0.15) is 12.4 Å². The molecule has 0 spiro atoms. The van der Waals surface area contributed by atoms with Gasteiger partial charge in [-0.05, 0) is 36.4 Å². The molecule has 0 saturated heterocycles. The summed E-state index contributed by atoms with van der Waals surface area (Å²) in [7, 11) is 1.44. The van der Waals surface area contributed by atoms with Gasteiger partial charge in [0.2, 0.25) is 0 Å². The van der Waals surface area contributed by atoms with E-state index in [1.165, 1.54) is 43.5 Å². The van der Waals surface area contributed by atoms with Crippen LogP contribution in [0.5, 0.6) is 11.5 Å². The maximum atomic E-state index is 13.2. The number of carbonyl (C=O) groups is 1. The number of ether oxygens (including phenoxy) is 2. The maximum absolute atomic E-state index is 13.2. The molecule has 0 atom stereocenters. The molecule has 0 fully saturated rings. The predicted octanol–water partition coefficient (Wildman–Crippen LogP) is 3.76. The number of halogens is 2. The van der Waals surface area contributed by atoms with Crippen molar-refractivity contribution in [2.75, 3.05) is 7.11 Å². The van der Waals surface area contributed by atoms with E-state index >= 15 is 0 Å². The van der Waals surface area contributed by atoms with Crippen LogP contribution in [0.25, 0.3) is 0 Å². The molecule has 21 heavy (non-hydrogen) atoms. The van der Waals surface area contributed by atoms with Crippen LogP contribution in [0.15, 0.2) is 36.4 Å². The fraction of sp³-hybridized carbons (Fsp3) is 0.133. The number of carboxylic acids is 1. The lowest BCUT2D eigenvalue weighted by Gasteiger charge is -2.12. The monoisotopic (exact) mass is 310 g/mol. The van der Waals surface area contributed by atoms with Gasteiger partial charge in [0, 0.05) is 10.6 Å². The maximum Gasteiger partial charge on any atom is 0.335 e. The standard InChI is InChI=1S/C15H12ClFO4/c1-20-13-5-2-9(15(18)19)7-14(13)21-8-10-6-11(17)3-4-12(10)16/h2-7H,8H2,1H3,(H,18,19). The third-order valence-electron chi connectivity index (χ3n) is 2.80. The van der Waals surface area contributed by atoms with Crippen molar-refractivity contribution in [3.63, 3.8) is 0 Å². The molecular weight excluding hydrogens is 299 g/mol. The largest absolute Gasteiger partial charge is 0.493 e. The summed E-state index contributed by atoms with van der Waals surface area (Å²) in [6, 6.07) is 8.18. The summed E-state index contributed by atoms with van der Waals surface area (Å²) >= 11 is 5.95. The van der Waals surface area contributed by atoms with Crippen LogP contribution in [0.1, 0.15) is 15.9 Å². The van der Waals surface area contributed by atoms with E-state index < -0.39 is 11.8 Å². The predicted molar refractivity (Wildman–Crippen MR) is 75.7 cm³/mol. The highest BCUT2D eigenvalue weighted by molar-refractivity contribution is 6.31. The molecule has 2 rings (SSSR count). The number of benzene rings is 2. The van der Waals surface area contributed by atoms with Crippen molar-refractivity contribution in [2.45, 2.75) is 6.61 Å². The van der Waals surface area contributed by atoms with E-state index in [1.54, 1.807) is 0 Å². The molecule has 2 aromatic rings. The smallest absolute Gasteiger partial charge is 0.335 e. The summed E-state index contributed by atoms with van der Waals surface area (Å²) in [5, 5.41) is 9.34. The average molecular weight is 311 g/mol. The zero-order chi connectivity index (χ0) is 15.4. The second kappa shape index (κ2) is 6.45. The van der Waals surface area contributed by atoms with Crippen LogP contribution >= 0.6 is 11.6 Å². The lowest BCUT2D eigenvalue weighted by molar-refractivity contribution is 0.0696. The fourth-order valence-electron chi connectivity index (χ4n) is 1.73. The molecule has 0 aliphatic rings. The molecule has 0 bridgehead atoms. The van der Waals surface area contributed by atoms with Crippen LogP contribution in [0.2, 0.25) is 5.02 Å². The summed E-state index contributed by atoms with van der Waals surface area (Å²) in [4.78, 5) is 11.0. The van der Waals surface area contributed by atoms with Gasteiger partial charge in [-0.3, -0.25) is 0 Å². The van der Waals surface area contributed by atoms with Crippen molar-refractivity contribution < 1.29 is 23.8 Å². The molecule has 0 radical (unpaired) electrons. The van der Waals surface area contributed by atoms with Gasteiger partial charge < -0.3 is 14.6 Å². The molecule has 0 aromatic heterocycles. The molecule has 1 N–H and O–H groups in total. The minimum absolute atomic E-state index is 0.00394. The van der Waals surface area contributed by atoms with E-state index in [0.717, 1.165) is 0 Å². The molecule has 0 aliphatic heterocycles. The molecule has 6 heteroatoms. The van der Waals surface area contributed by atoms with Gasteiger partial charge >= 0.3 is 5.97 Å². The van der Waals surface area contributed by atoms with E-state index in [0.29, 0.717) is 16.3 Å². The first-order valence-electron chi connectivity index (χ1n) is 5.99. The van der Waals surface area contributed by atoms with Crippen LogP contribution in [0, 0.1) is 5.82 Å². The fourth-order valence-corrected chi connectivity index (χ4v) is 1.90. The molecule has 2 aromatic carbocycles. The first-order valence-corrected chi connectivity index (χ1v) is 6.37. The van der Waals surface area contributed by atoms with Crippen LogP contribution in [-0.4, -0.2) is 18.2 Å². The lowest BCUT2D eigenvalue weighted by Crippen LogP contribution is -2.02. The number of aromatic carboxylic acids is 1. The zero-order valence-electron chi connectivity index (χ0n) is 11.1. The summed E-state index contributed by atoms with van der Waals surface area (Å²) in [6.07, 6.45) is 0.